The molecule has 1 aliphatic rings. The van der Waals surface area contributed by atoms with Crippen LogP contribution in [0.25, 0.3) is 22.2 Å². The minimum Gasteiger partial charge on any atom is -0.248 e. The molecular formula is C24H27N. The Hall–Kier alpha value is -2.15. The lowest BCUT2D eigenvalue weighted by atomic mass is 9.59. The zero-order valence-corrected chi connectivity index (χ0v) is 16.1. The number of nitrogens with zero attached hydrogens (tertiary/aromatic N) is 1. The van der Waals surface area contributed by atoms with Crippen molar-refractivity contribution in [2.45, 2.75) is 52.4 Å². The average Bonchev–Trinajstić information content (AvgIpc) is 2.69. The molecule has 1 heterocycles. The molecule has 1 heteroatoms. The molecule has 0 atom stereocenters. The molecule has 1 aromatic heterocycles. The van der Waals surface area contributed by atoms with Gasteiger partial charge in [0, 0.05) is 10.9 Å². The number of aromatic nitrogens is 1. The Morgan fingerprint density at radius 1 is 0.680 bits per heavy atom. The molecule has 0 unspecified atom stereocenters. The van der Waals surface area contributed by atoms with E-state index < -0.39 is 0 Å². The first-order chi connectivity index (χ1) is 11.7. The second-order valence-electron chi connectivity index (χ2n) is 9.02. The van der Waals surface area contributed by atoms with Gasteiger partial charge in [0.05, 0.1) is 11.2 Å². The molecule has 0 aliphatic heterocycles. The summed E-state index contributed by atoms with van der Waals surface area (Å²) in [6.45, 7) is 14.3. The van der Waals surface area contributed by atoms with Crippen molar-refractivity contribution in [3.8, 4) is 11.3 Å². The van der Waals surface area contributed by atoms with Crippen LogP contribution in [0, 0.1) is 5.41 Å². The van der Waals surface area contributed by atoms with E-state index in [4.69, 9.17) is 4.98 Å². The number of rotatable bonds is 1. The highest BCUT2D eigenvalue weighted by Crippen LogP contribution is 2.61. The maximum Gasteiger partial charge on any atom is 0.0709 e. The molecule has 0 saturated carbocycles. The van der Waals surface area contributed by atoms with Crippen molar-refractivity contribution in [2.75, 3.05) is 0 Å². The van der Waals surface area contributed by atoms with Gasteiger partial charge in [0.15, 0.2) is 0 Å². The summed E-state index contributed by atoms with van der Waals surface area (Å²) in [5, 5.41) is 1.19. The summed E-state index contributed by atoms with van der Waals surface area (Å²) in [5.41, 5.74) is 6.74. The lowest BCUT2D eigenvalue weighted by Gasteiger charge is -2.44. The number of hydrogen-bond donors (Lipinski definition) is 0. The van der Waals surface area contributed by atoms with Gasteiger partial charge in [-0.25, -0.2) is 4.98 Å². The second-order valence-corrected chi connectivity index (χ2v) is 9.02. The topological polar surface area (TPSA) is 12.9 Å². The average molecular weight is 329 g/mol. The third kappa shape index (κ3) is 2.05. The van der Waals surface area contributed by atoms with Gasteiger partial charge in [0.2, 0.25) is 0 Å². The van der Waals surface area contributed by atoms with E-state index in [9.17, 15) is 0 Å². The van der Waals surface area contributed by atoms with Crippen LogP contribution in [0.3, 0.4) is 0 Å². The summed E-state index contributed by atoms with van der Waals surface area (Å²) in [5.74, 6) is 0. The Morgan fingerprint density at radius 2 is 1.36 bits per heavy atom. The Kier molecular flexibility index (Phi) is 3.23. The van der Waals surface area contributed by atoms with Crippen molar-refractivity contribution < 1.29 is 0 Å². The number of hydrogen-bond acceptors (Lipinski definition) is 1. The molecule has 2 aromatic carbocycles. The number of pyridine rings is 1. The summed E-state index contributed by atoms with van der Waals surface area (Å²) < 4.78 is 0. The van der Waals surface area contributed by atoms with Crippen molar-refractivity contribution in [3.63, 3.8) is 0 Å². The SMILES string of the molecule is CC1(C)c2ccc(-c3ccc4ccccc4n3)cc2C(C)(C)C1(C)C. The van der Waals surface area contributed by atoms with Crippen LogP contribution in [0.1, 0.15) is 52.7 Å². The van der Waals surface area contributed by atoms with E-state index in [1.165, 1.54) is 22.1 Å². The first kappa shape index (κ1) is 16.3. The Balaban J connectivity index is 1.90. The second kappa shape index (κ2) is 4.94. The summed E-state index contributed by atoms with van der Waals surface area (Å²) >= 11 is 0. The molecule has 0 fully saturated rings. The van der Waals surface area contributed by atoms with E-state index >= 15 is 0 Å². The molecule has 0 N–H and O–H groups in total. The third-order valence-electron chi connectivity index (χ3n) is 7.39. The number of benzene rings is 2. The Morgan fingerprint density at radius 3 is 2.12 bits per heavy atom. The highest BCUT2D eigenvalue weighted by atomic mass is 14.7. The van der Waals surface area contributed by atoms with Gasteiger partial charge < -0.3 is 0 Å². The van der Waals surface area contributed by atoms with Crippen LogP contribution in [0.5, 0.6) is 0 Å². The largest absolute Gasteiger partial charge is 0.248 e. The van der Waals surface area contributed by atoms with Gasteiger partial charge in [0.25, 0.3) is 0 Å². The summed E-state index contributed by atoms with van der Waals surface area (Å²) in [4.78, 5) is 4.89. The molecule has 1 aliphatic carbocycles. The molecule has 0 radical (unpaired) electrons. The lowest BCUT2D eigenvalue weighted by Crippen LogP contribution is -2.42. The van der Waals surface area contributed by atoms with Crippen LogP contribution < -0.4 is 0 Å². The first-order valence-corrected chi connectivity index (χ1v) is 9.17. The van der Waals surface area contributed by atoms with Gasteiger partial charge >= 0.3 is 0 Å². The zero-order valence-electron chi connectivity index (χ0n) is 16.1. The minimum atomic E-state index is 0.124. The highest BCUT2D eigenvalue weighted by molar-refractivity contribution is 5.81. The van der Waals surface area contributed by atoms with E-state index in [1.807, 2.05) is 0 Å². The lowest BCUT2D eigenvalue weighted by molar-refractivity contribution is 0.125. The van der Waals surface area contributed by atoms with Crippen molar-refractivity contribution in [1.29, 1.82) is 0 Å². The van der Waals surface area contributed by atoms with Crippen LogP contribution in [-0.4, -0.2) is 4.98 Å². The molecule has 0 bridgehead atoms. The fraction of sp³-hybridized carbons (Fsp3) is 0.375. The molecule has 0 spiro atoms. The van der Waals surface area contributed by atoms with Gasteiger partial charge in [-0.1, -0.05) is 77.9 Å². The fourth-order valence-corrected chi connectivity index (χ4v) is 4.45. The molecule has 3 aromatic rings. The molecule has 0 amide bonds. The van der Waals surface area contributed by atoms with Gasteiger partial charge in [-0.15, -0.1) is 0 Å². The monoisotopic (exact) mass is 329 g/mol. The Labute approximate surface area is 151 Å². The van der Waals surface area contributed by atoms with Crippen molar-refractivity contribution in [3.05, 3.63) is 65.7 Å². The first-order valence-electron chi connectivity index (χ1n) is 9.17. The quantitative estimate of drug-likeness (QED) is 0.497. The van der Waals surface area contributed by atoms with Crippen LogP contribution >= 0.6 is 0 Å². The molecule has 0 saturated heterocycles. The molecule has 25 heavy (non-hydrogen) atoms. The maximum absolute atomic E-state index is 4.89. The van der Waals surface area contributed by atoms with Gasteiger partial charge in [0.1, 0.15) is 0 Å². The fourth-order valence-electron chi connectivity index (χ4n) is 4.45. The Bertz CT molecular complexity index is 976. The van der Waals surface area contributed by atoms with Crippen molar-refractivity contribution >= 4 is 10.9 Å². The van der Waals surface area contributed by atoms with Gasteiger partial charge in [-0.05, 0) is 45.6 Å². The van der Waals surface area contributed by atoms with E-state index in [2.05, 4.69) is 96.1 Å². The molecular weight excluding hydrogens is 302 g/mol. The predicted molar refractivity (Wildman–Crippen MR) is 107 cm³/mol. The summed E-state index contributed by atoms with van der Waals surface area (Å²) in [7, 11) is 0. The normalized spacial score (nSPS) is 19.8. The highest BCUT2D eigenvalue weighted by Gasteiger charge is 2.56. The molecule has 1 nitrogen and oxygen atoms in total. The molecule has 128 valence electrons. The maximum atomic E-state index is 4.89. The van der Waals surface area contributed by atoms with Crippen molar-refractivity contribution in [2.24, 2.45) is 5.41 Å². The summed E-state index contributed by atoms with van der Waals surface area (Å²) in [6.07, 6.45) is 0. The predicted octanol–water partition coefficient (Wildman–Crippen LogP) is 6.50. The standard InChI is InChI=1S/C24H27N/c1-22(2)18-13-11-17(15-19(18)23(3,4)24(22,5)6)21-14-12-16-9-7-8-10-20(16)25-21/h7-15H,1-6H3. The van der Waals surface area contributed by atoms with E-state index in [1.54, 1.807) is 0 Å². The van der Waals surface area contributed by atoms with E-state index in [0.29, 0.717) is 0 Å². The minimum absolute atomic E-state index is 0.124. The van der Waals surface area contributed by atoms with Crippen molar-refractivity contribution in [1.82, 2.24) is 4.98 Å². The van der Waals surface area contributed by atoms with Crippen LogP contribution in [-0.2, 0) is 10.8 Å². The van der Waals surface area contributed by atoms with Crippen LogP contribution in [0.2, 0.25) is 0 Å². The van der Waals surface area contributed by atoms with Gasteiger partial charge in [-0.3, -0.25) is 0 Å². The summed E-state index contributed by atoms with van der Waals surface area (Å²) in [6, 6.07) is 19.6. The third-order valence-corrected chi connectivity index (χ3v) is 7.39. The van der Waals surface area contributed by atoms with Crippen LogP contribution in [0.4, 0.5) is 0 Å². The molecule has 4 rings (SSSR count). The van der Waals surface area contributed by atoms with E-state index in [0.717, 1.165) is 11.2 Å². The number of fused-ring (bicyclic) bond motifs is 2. The van der Waals surface area contributed by atoms with Gasteiger partial charge in [-0.2, -0.15) is 0 Å². The van der Waals surface area contributed by atoms with E-state index in [-0.39, 0.29) is 16.2 Å². The van der Waals surface area contributed by atoms with Crippen LogP contribution in [0.15, 0.2) is 54.6 Å². The smallest absolute Gasteiger partial charge is 0.0709 e. The number of para-hydroxylation sites is 1. The zero-order chi connectivity index (χ0) is 18.0.